The number of pyridine rings is 1. The van der Waals surface area contributed by atoms with Gasteiger partial charge >= 0.3 is 5.69 Å². The van der Waals surface area contributed by atoms with E-state index < -0.39 is 11.2 Å². The SMILES string of the molecule is Cn1c(=O)ccn(CC(=O)NCCc2cccnc2)c1=O. The van der Waals surface area contributed by atoms with Gasteiger partial charge in [-0.3, -0.25) is 23.7 Å². The van der Waals surface area contributed by atoms with Crippen LogP contribution < -0.4 is 16.6 Å². The molecule has 0 aliphatic rings. The Morgan fingerprint density at radius 3 is 2.86 bits per heavy atom. The zero-order valence-corrected chi connectivity index (χ0v) is 11.7. The molecule has 0 fully saturated rings. The van der Waals surface area contributed by atoms with Crippen molar-refractivity contribution in [3.63, 3.8) is 0 Å². The summed E-state index contributed by atoms with van der Waals surface area (Å²) in [5.41, 5.74) is 0.121. The molecule has 7 heteroatoms. The summed E-state index contributed by atoms with van der Waals surface area (Å²) in [6, 6.07) is 5.02. The highest BCUT2D eigenvalue weighted by atomic mass is 16.2. The zero-order chi connectivity index (χ0) is 15.2. The van der Waals surface area contributed by atoms with E-state index in [4.69, 9.17) is 0 Å². The Balaban J connectivity index is 1.89. The number of aromatic nitrogens is 3. The average Bonchev–Trinajstić information content (AvgIpc) is 2.49. The van der Waals surface area contributed by atoms with Crippen molar-refractivity contribution in [2.75, 3.05) is 6.54 Å². The monoisotopic (exact) mass is 288 g/mol. The molecule has 110 valence electrons. The van der Waals surface area contributed by atoms with Crippen LogP contribution in [0.1, 0.15) is 5.56 Å². The van der Waals surface area contributed by atoms with Crippen molar-refractivity contribution in [3.8, 4) is 0 Å². The van der Waals surface area contributed by atoms with Crippen molar-refractivity contribution in [2.24, 2.45) is 7.05 Å². The molecule has 0 spiro atoms. The van der Waals surface area contributed by atoms with E-state index in [1.165, 1.54) is 23.9 Å². The molecule has 0 saturated heterocycles. The van der Waals surface area contributed by atoms with Gasteiger partial charge in [0.25, 0.3) is 5.56 Å². The third-order valence-electron chi connectivity index (χ3n) is 3.03. The van der Waals surface area contributed by atoms with Gasteiger partial charge < -0.3 is 5.32 Å². The fourth-order valence-corrected chi connectivity index (χ4v) is 1.84. The van der Waals surface area contributed by atoms with E-state index in [0.717, 1.165) is 10.1 Å². The van der Waals surface area contributed by atoms with Crippen LogP contribution in [0.5, 0.6) is 0 Å². The lowest BCUT2D eigenvalue weighted by atomic mass is 10.2. The summed E-state index contributed by atoms with van der Waals surface area (Å²) in [5, 5.41) is 2.73. The van der Waals surface area contributed by atoms with Crippen molar-refractivity contribution < 1.29 is 4.79 Å². The molecule has 0 atom stereocenters. The second kappa shape index (κ2) is 6.65. The Kier molecular flexibility index (Phi) is 4.65. The van der Waals surface area contributed by atoms with Gasteiger partial charge in [0.05, 0.1) is 0 Å². The molecule has 0 unspecified atom stereocenters. The lowest BCUT2D eigenvalue weighted by molar-refractivity contribution is -0.121. The lowest BCUT2D eigenvalue weighted by Gasteiger charge is -2.08. The second-order valence-electron chi connectivity index (χ2n) is 4.58. The molecule has 2 aromatic heterocycles. The Morgan fingerprint density at radius 1 is 1.33 bits per heavy atom. The van der Waals surface area contributed by atoms with Crippen molar-refractivity contribution in [2.45, 2.75) is 13.0 Å². The maximum Gasteiger partial charge on any atom is 0.331 e. The van der Waals surface area contributed by atoms with Crippen molar-refractivity contribution in [1.82, 2.24) is 19.4 Å². The molecule has 0 bridgehead atoms. The fourth-order valence-electron chi connectivity index (χ4n) is 1.84. The molecule has 2 rings (SSSR count). The van der Waals surface area contributed by atoms with Gasteiger partial charge in [0.15, 0.2) is 0 Å². The van der Waals surface area contributed by atoms with Gasteiger partial charge in [0.2, 0.25) is 5.91 Å². The molecule has 0 radical (unpaired) electrons. The van der Waals surface area contributed by atoms with Gasteiger partial charge in [-0.15, -0.1) is 0 Å². The maximum absolute atomic E-state index is 11.8. The Bertz CT molecular complexity index is 734. The van der Waals surface area contributed by atoms with Gasteiger partial charge in [-0.05, 0) is 18.1 Å². The highest BCUT2D eigenvalue weighted by Crippen LogP contribution is 1.95. The molecular formula is C14H16N4O3. The van der Waals surface area contributed by atoms with Crippen LogP contribution >= 0.6 is 0 Å². The summed E-state index contributed by atoms with van der Waals surface area (Å²) < 4.78 is 2.16. The van der Waals surface area contributed by atoms with Crippen LogP contribution in [0.2, 0.25) is 0 Å². The van der Waals surface area contributed by atoms with Crippen LogP contribution in [0.25, 0.3) is 0 Å². The number of carbonyl (C=O) groups excluding carboxylic acids is 1. The van der Waals surface area contributed by atoms with Crippen LogP contribution in [0.3, 0.4) is 0 Å². The van der Waals surface area contributed by atoms with E-state index in [-0.39, 0.29) is 12.5 Å². The minimum atomic E-state index is -0.509. The number of nitrogens with one attached hydrogen (secondary N) is 1. The van der Waals surface area contributed by atoms with E-state index in [0.29, 0.717) is 13.0 Å². The predicted molar refractivity (Wildman–Crippen MR) is 76.9 cm³/mol. The number of rotatable bonds is 5. The topological polar surface area (TPSA) is 86.0 Å². The van der Waals surface area contributed by atoms with E-state index in [9.17, 15) is 14.4 Å². The first-order valence-corrected chi connectivity index (χ1v) is 6.50. The predicted octanol–water partition coefficient (Wildman–Crippen LogP) is -0.699. The third kappa shape index (κ3) is 3.88. The van der Waals surface area contributed by atoms with E-state index in [2.05, 4.69) is 10.3 Å². The summed E-state index contributed by atoms with van der Waals surface area (Å²) >= 11 is 0. The van der Waals surface area contributed by atoms with Crippen molar-refractivity contribution >= 4 is 5.91 Å². The van der Waals surface area contributed by atoms with Crippen LogP contribution in [-0.4, -0.2) is 26.6 Å². The van der Waals surface area contributed by atoms with Gasteiger partial charge in [-0.2, -0.15) is 0 Å². The first-order valence-electron chi connectivity index (χ1n) is 6.50. The van der Waals surface area contributed by atoms with E-state index in [1.807, 2.05) is 12.1 Å². The molecule has 0 aliphatic carbocycles. The summed E-state index contributed by atoms with van der Waals surface area (Å²) in [6.45, 7) is 0.352. The van der Waals surface area contributed by atoms with Crippen molar-refractivity contribution in [1.29, 1.82) is 0 Å². The highest BCUT2D eigenvalue weighted by molar-refractivity contribution is 5.75. The Labute approximate surface area is 120 Å². The number of hydrogen-bond donors (Lipinski definition) is 1. The standard InChI is InChI=1S/C14H16N4O3/c1-17-13(20)5-8-18(14(17)21)10-12(19)16-7-4-11-3-2-6-15-9-11/h2-3,5-6,8-9H,4,7,10H2,1H3,(H,16,19). The van der Waals surface area contributed by atoms with E-state index in [1.54, 1.807) is 12.4 Å². The van der Waals surface area contributed by atoms with Gasteiger partial charge in [-0.1, -0.05) is 6.07 Å². The fraction of sp³-hybridized carbons (Fsp3) is 0.286. The van der Waals surface area contributed by atoms with Gasteiger partial charge in [-0.25, -0.2) is 4.79 Å². The Hall–Kier alpha value is -2.70. The number of hydrogen-bond acceptors (Lipinski definition) is 4. The highest BCUT2D eigenvalue weighted by Gasteiger charge is 2.06. The zero-order valence-electron chi connectivity index (χ0n) is 11.7. The third-order valence-corrected chi connectivity index (χ3v) is 3.03. The molecule has 0 saturated carbocycles. The van der Waals surface area contributed by atoms with Gasteiger partial charge in [0.1, 0.15) is 6.54 Å². The minimum Gasteiger partial charge on any atom is -0.354 e. The average molecular weight is 288 g/mol. The lowest BCUT2D eigenvalue weighted by Crippen LogP contribution is -2.40. The smallest absolute Gasteiger partial charge is 0.331 e. The number of carbonyl (C=O) groups is 1. The quantitative estimate of drug-likeness (QED) is 0.788. The number of nitrogens with zero attached hydrogens (tertiary/aromatic N) is 3. The molecule has 2 aromatic rings. The van der Waals surface area contributed by atoms with Crippen LogP contribution in [0, 0.1) is 0 Å². The van der Waals surface area contributed by atoms with Crippen LogP contribution in [0.4, 0.5) is 0 Å². The summed E-state index contributed by atoms with van der Waals surface area (Å²) in [4.78, 5) is 38.8. The molecule has 7 nitrogen and oxygen atoms in total. The largest absolute Gasteiger partial charge is 0.354 e. The minimum absolute atomic E-state index is 0.111. The molecule has 1 N–H and O–H groups in total. The molecule has 0 aromatic carbocycles. The summed E-state index contributed by atoms with van der Waals surface area (Å²) in [5.74, 6) is -0.278. The number of amides is 1. The molecule has 0 aliphatic heterocycles. The maximum atomic E-state index is 11.8. The first-order chi connectivity index (χ1) is 10.1. The molecule has 2 heterocycles. The molecule has 1 amide bonds. The Morgan fingerprint density at radius 2 is 2.14 bits per heavy atom. The molecule has 21 heavy (non-hydrogen) atoms. The normalized spacial score (nSPS) is 10.3. The van der Waals surface area contributed by atoms with Crippen LogP contribution in [-0.2, 0) is 24.8 Å². The first kappa shape index (κ1) is 14.7. The van der Waals surface area contributed by atoms with Crippen LogP contribution in [0.15, 0.2) is 46.4 Å². The van der Waals surface area contributed by atoms with Gasteiger partial charge in [0, 0.05) is 38.2 Å². The second-order valence-corrected chi connectivity index (χ2v) is 4.58. The summed E-state index contributed by atoms with van der Waals surface area (Å²) in [7, 11) is 1.38. The van der Waals surface area contributed by atoms with Crippen molar-refractivity contribution in [3.05, 3.63) is 63.2 Å². The van der Waals surface area contributed by atoms with E-state index >= 15 is 0 Å². The summed E-state index contributed by atoms with van der Waals surface area (Å²) in [6.07, 6.45) is 5.42. The molecular weight excluding hydrogens is 272 g/mol.